The van der Waals surface area contributed by atoms with Crippen molar-refractivity contribution in [2.24, 2.45) is 0 Å². The third-order valence-electron chi connectivity index (χ3n) is 5.17. The fourth-order valence-electron chi connectivity index (χ4n) is 3.54. The first-order chi connectivity index (χ1) is 13.9. The first-order valence-electron chi connectivity index (χ1n) is 9.98. The van der Waals surface area contributed by atoms with Gasteiger partial charge in [-0.3, -0.25) is 4.79 Å². The summed E-state index contributed by atoms with van der Waals surface area (Å²) in [5.74, 6) is -0.179. The molecule has 1 atom stereocenters. The molecule has 0 bridgehead atoms. The number of Topliss-reactive ketones (excluding diaryl/α,β-unsaturated/α-hetero) is 1. The highest BCUT2D eigenvalue weighted by atomic mass is 16.5. The molecule has 4 heteroatoms. The average molecular weight is 392 g/mol. The minimum Gasteiger partial charge on any atom is -0.507 e. The van der Waals surface area contributed by atoms with Crippen LogP contribution in [0.4, 0.5) is 0 Å². The van der Waals surface area contributed by atoms with E-state index >= 15 is 0 Å². The molecule has 0 aliphatic carbocycles. The zero-order valence-corrected chi connectivity index (χ0v) is 17.2. The number of allylic oxidation sites excluding steroid dienone is 4. The molecule has 3 rings (SSSR count). The van der Waals surface area contributed by atoms with Gasteiger partial charge in [0.25, 0.3) is 0 Å². The van der Waals surface area contributed by atoms with Crippen molar-refractivity contribution in [2.45, 2.75) is 52.6 Å². The van der Waals surface area contributed by atoms with E-state index in [2.05, 4.69) is 26.8 Å². The zero-order valence-electron chi connectivity index (χ0n) is 17.2. The largest absolute Gasteiger partial charge is 0.507 e. The van der Waals surface area contributed by atoms with Crippen molar-refractivity contribution < 1.29 is 19.7 Å². The summed E-state index contributed by atoms with van der Waals surface area (Å²) in [6.45, 7) is 6.22. The number of ether oxygens (including phenoxy) is 1. The van der Waals surface area contributed by atoms with Crippen molar-refractivity contribution in [3.8, 4) is 17.2 Å². The predicted octanol–water partition coefficient (Wildman–Crippen LogP) is 6.04. The summed E-state index contributed by atoms with van der Waals surface area (Å²) in [5.41, 5.74) is 4.09. The lowest BCUT2D eigenvalue weighted by Crippen LogP contribution is -2.21. The van der Waals surface area contributed by atoms with E-state index in [1.165, 1.54) is 17.2 Å². The molecule has 152 valence electrons. The van der Waals surface area contributed by atoms with Gasteiger partial charge in [0.05, 0.1) is 6.42 Å². The van der Waals surface area contributed by atoms with E-state index < -0.39 is 6.10 Å². The van der Waals surface area contributed by atoms with Crippen LogP contribution >= 0.6 is 0 Å². The number of ketones is 1. The zero-order chi connectivity index (χ0) is 21.0. The Morgan fingerprint density at radius 3 is 2.52 bits per heavy atom. The van der Waals surface area contributed by atoms with E-state index in [9.17, 15) is 15.0 Å². The van der Waals surface area contributed by atoms with Crippen LogP contribution in [-0.2, 0) is 6.42 Å². The van der Waals surface area contributed by atoms with E-state index in [1.54, 1.807) is 0 Å². The Morgan fingerprint density at radius 2 is 1.83 bits per heavy atom. The fourth-order valence-corrected chi connectivity index (χ4v) is 3.54. The van der Waals surface area contributed by atoms with E-state index in [0.29, 0.717) is 17.7 Å². The van der Waals surface area contributed by atoms with Crippen molar-refractivity contribution in [3.63, 3.8) is 0 Å². The molecule has 0 saturated heterocycles. The van der Waals surface area contributed by atoms with E-state index in [0.717, 1.165) is 18.4 Å². The SMILES string of the molecule is CC(C)=CCCC(C)=CCc1c(O)cc(O)c2c1OC(c1ccccc1)CC2=O. The number of hydrogen-bond donors (Lipinski definition) is 2. The Morgan fingerprint density at radius 1 is 1.10 bits per heavy atom. The van der Waals surface area contributed by atoms with Crippen LogP contribution in [0, 0.1) is 0 Å². The topological polar surface area (TPSA) is 66.8 Å². The standard InChI is InChI=1S/C25H28O4/c1-16(2)8-7-9-17(3)12-13-19-20(26)14-21(27)24-22(28)15-23(29-25(19)24)18-10-5-4-6-11-18/h4-6,8,10-12,14,23,26-27H,7,9,13,15H2,1-3H3. The molecule has 0 amide bonds. The second kappa shape index (κ2) is 8.99. The Hall–Kier alpha value is -3.01. The maximum absolute atomic E-state index is 12.8. The van der Waals surface area contributed by atoms with Crippen LogP contribution in [0.2, 0.25) is 0 Å². The number of fused-ring (bicyclic) bond motifs is 1. The molecule has 29 heavy (non-hydrogen) atoms. The number of aromatic hydroxyl groups is 2. The highest BCUT2D eigenvalue weighted by Gasteiger charge is 2.33. The van der Waals surface area contributed by atoms with Crippen LogP contribution in [0.15, 0.2) is 59.7 Å². The molecule has 1 unspecified atom stereocenters. The van der Waals surface area contributed by atoms with Gasteiger partial charge < -0.3 is 14.9 Å². The summed E-state index contributed by atoms with van der Waals surface area (Å²) in [7, 11) is 0. The number of hydrogen-bond acceptors (Lipinski definition) is 4. The van der Waals surface area contributed by atoms with Crippen LogP contribution in [0.5, 0.6) is 17.2 Å². The number of benzene rings is 2. The Balaban J connectivity index is 1.90. The van der Waals surface area contributed by atoms with Crippen molar-refractivity contribution in [2.75, 3.05) is 0 Å². The van der Waals surface area contributed by atoms with Crippen molar-refractivity contribution >= 4 is 5.78 Å². The molecule has 2 aromatic carbocycles. The maximum atomic E-state index is 12.8. The summed E-state index contributed by atoms with van der Waals surface area (Å²) in [6, 6.07) is 10.8. The summed E-state index contributed by atoms with van der Waals surface area (Å²) in [4.78, 5) is 12.8. The van der Waals surface area contributed by atoms with Crippen LogP contribution in [0.1, 0.15) is 67.6 Å². The van der Waals surface area contributed by atoms with Gasteiger partial charge in [0.15, 0.2) is 5.78 Å². The van der Waals surface area contributed by atoms with E-state index in [1.807, 2.05) is 36.4 Å². The summed E-state index contributed by atoms with van der Waals surface area (Å²) in [5, 5.41) is 20.7. The van der Waals surface area contributed by atoms with Crippen molar-refractivity contribution in [1.82, 2.24) is 0 Å². The molecule has 2 N–H and O–H groups in total. The van der Waals surface area contributed by atoms with Gasteiger partial charge in [-0.05, 0) is 45.6 Å². The second-order valence-electron chi connectivity index (χ2n) is 7.82. The molecular formula is C25H28O4. The summed E-state index contributed by atoms with van der Waals surface area (Å²) >= 11 is 0. The number of phenolic OH excluding ortho intramolecular Hbond substituents is 2. The highest BCUT2D eigenvalue weighted by Crippen LogP contribution is 2.45. The molecule has 1 heterocycles. The highest BCUT2D eigenvalue weighted by molar-refractivity contribution is 6.03. The van der Waals surface area contributed by atoms with Gasteiger partial charge in [-0.2, -0.15) is 0 Å². The van der Waals surface area contributed by atoms with Gasteiger partial charge in [-0.1, -0.05) is 53.6 Å². The van der Waals surface area contributed by atoms with Gasteiger partial charge in [0, 0.05) is 11.6 Å². The molecule has 1 aliphatic rings. The molecule has 0 radical (unpaired) electrons. The predicted molar refractivity (Wildman–Crippen MR) is 115 cm³/mol. The average Bonchev–Trinajstić information content (AvgIpc) is 2.67. The monoisotopic (exact) mass is 392 g/mol. The fraction of sp³-hybridized carbons (Fsp3) is 0.320. The smallest absolute Gasteiger partial charge is 0.174 e. The van der Waals surface area contributed by atoms with Crippen molar-refractivity contribution in [1.29, 1.82) is 0 Å². The van der Waals surface area contributed by atoms with Crippen LogP contribution in [0.25, 0.3) is 0 Å². The third-order valence-corrected chi connectivity index (χ3v) is 5.17. The molecule has 0 saturated carbocycles. The summed E-state index contributed by atoms with van der Waals surface area (Å²) < 4.78 is 6.15. The van der Waals surface area contributed by atoms with Gasteiger partial charge in [0.2, 0.25) is 0 Å². The number of rotatable bonds is 6. The lowest BCUT2D eigenvalue weighted by Gasteiger charge is -2.28. The Bertz CT molecular complexity index is 951. The minimum atomic E-state index is -0.432. The van der Waals surface area contributed by atoms with Crippen molar-refractivity contribution in [3.05, 3.63) is 76.4 Å². The van der Waals surface area contributed by atoms with E-state index in [-0.39, 0.29) is 29.3 Å². The van der Waals surface area contributed by atoms with Gasteiger partial charge in [-0.15, -0.1) is 0 Å². The van der Waals surface area contributed by atoms with Gasteiger partial charge >= 0.3 is 0 Å². The molecular weight excluding hydrogens is 364 g/mol. The van der Waals surface area contributed by atoms with Crippen LogP contribution in [0.3, 0.4) is 0 Å². The normalized spacial score (nSPS) is 16.2. The Kier molecular flexibility index (Phi) is 6.42. The molecule has 4 nitrogen and oxygen atoms in total. The lowest BCUT2D eigenvalue weighted by atomic mass is 9.92. The molecule has 0 spiro atoms. The third kappa shape index (κ3) is 4.89. The van der Waals surface area contributed by atoms with Crippen LogP contribution < -0.4 is 4.74 Å². The first-order valence-corrected chi connectivity index (χ1v) is 9.98. The quantitative estimate of drug-likeness (QED) is 0.588. The first kappa shape index (κ1) is 20.7. The van der Waals surface area contributed by atoms with E-state index in [4.69, 9.17) is 4.74 Å². The lowest BCUT2D eigenvalue weighted by molar-refractivity contribution is 0.0842. The van der Waals surface area contributed by atoms with Gasteiger partial charge in [-0.25, -0.2) is 0 Å². The van der Waals surface area contributed by atoms with Gasteiger partial charge in [0.1, 0.15) is 28.9 Å². The molecule has 0 fully saturated rings. The molecule has 1 aliphatic heterocycles. The number of carbonyl (C=O) groups excluding carboxylic acids is 1. The minimum absolute atomic E-state index is 0.0592. The number of carbonyl (C=O) groups is 1. The second-order valence-corrected chi connectivity index (χ2v) is 7.82. The molecule has 2 aromatic rings. The summed E-state index contributed by atoms with van der Waals surface area (Å²) in [6.07, 6.45) is 6.30. The Labute approximate surface area is 172 Å². The maximum Gasteiger partial charge on any atom is 0.174 e. The van der Waals surface area contributed by atoms with Crippen LogP contribution in [-0.4, -0.2) is 16.0 Å². The number of phenols is 2. The molecule has 0 aromatic heterocycles.